The van der Waals surface area contributed by atoms with E-state index in [-0.39, 0.29) is 18.6 Å². The molecule has 1 atom stereocenters. The van der Waals surface area contributed by atoms with Gasteiger partial charge in [-0.1, -0.05) is 36.4 Å². The molecule has 0 saturated carbocycles. The molecule has 2 aromatic carbocycles. The lowest BCUT2D eigenvalue weighted by Gasteiger charge is -2.19. The van der Waals surface area contributed by atoms with Gasteiger partial charge in [-0.25, -0.2) is 0 Å². The highest BCUT2D eigenvalue weighted by Gasteiger charge is 2.16. The molecular formula is C19H23NO3. The molecule has 23 heavy (non-hydrogen) atoms. The maximum Gasteiger partial charge on any atom is 0.251 e. The third-order valence-electron chi connectivity index (χ3n) is 3.83. The average molecular weight is 313 g/mol. The fourth-order valence-corrected chi connectivity index (χ4v) is 2.51. The molecule has 2 rings (SSSR count). The van der Waals surface area contributed by atoms with Crippen LogP contribution in [0.2, 0.25) is 0 Å². The van der Waals surface area contributed by atoms with Crippen LogP contribution in [0, 0.1) is 6.92 Å². The molecule has 0 heterocycles. The number of rotatable bonds is 7. The summed E-state index contributed by atoms with van der Waals surface area (Å²) in [4.78, 5) is 12.5. The van der Waals surface area contributed by atoms with Crippen molar-refractivity contribution in [2.75, 3.05) is 13.7 Å². The normalized spacial score (nSPS) is 11.8. The quantitative estimate of drug-likeness (QED) is 0.825. The summed E-state index contributed by atoms with van der Waals surface area (Å²) in [6.07, 6.45) is 1.33. The number of aliphatic hydroxyl groups is 1. The van der Waals surface area contributed by atoms with Crippen molar-refractivity contribution in [1.29, 1.82) is 0 Å². The minimum absolute atomic E-state index is 0.109. The van der Waals surface area contributed by atoms with E-state index in [4.69, 9.17) is 9.84 Å². The number of ether oxygens (including phenoxy) is 1. The second kappa shape index (κ2) is 8.34. The third-order valence-corrected chi connectivity index (χ3v) is 3.83. The second-order valence-electron chi connectivity index (χ2n) is 5.49. The fraction of sp³-hybridized carbons (Fsp3) is 0.316. The van der Waals surface area contributed by atoms with Gasteiger partial charge < -0.3 is 15.2 Å². The summed E-state index contributed by atoms with van der Waals surface area (Å²) in [5, 5.41) is 12.1. The molecule has 0 aromatic heterocycles. The van der Waals surface area contributed by atoms with Crippen molar-refractivity contribution in [1.82, 2.24) is 5.32 Å². The first-order valence-corrected chi connectivity index (χ1v) is 7.77. The maximum absolute atomic E-state index is 12.5. The molecule has 4 heteroatoms. The van der Waals surface area contributed by atoms with Crippen LogP contribution >= 0.6 is 0 Å². The van der Waals surface area contributed by atoms with E-state index < -0.39 is 0 Å². The second-order valence-corrected chi connectivity index (χ2v) is 5.49. The number of hydrogen-bond donors (Lipinski definition) is 2. The summed E-state index contributed by atoms with van der Waals surface area (Å²) in [6, 6.07) is 15.1. The summed E-state index contributed by atoms with van der Waals surface area (Å²) < 4.78 is 5.28. The molecule has 2 aromatic rings. The van der Waals surface area contributed by atoms with Crippen LogP contribution in [0.3, 0.4) is 0 Å². The van der Waals surface area contributed by atoms with Crippen LogP contribution in [0.5, 0.6) is 5.75 Å². The van der Waals surface area contributed by atoms with Crippen LogP contribution in [-0.2, 0) is 0 Å². The zero-order valence-electron chi connectivity index (χ0n) is 13.6. The summed E-state index contributed by atoms with van der Waals surface area (Å²) in [5.74, 6) is 0.555. The Morgan fingerprint density at radius 3 is 2.61 bits per heavy atom. The lowest BCUT2D eigenvalue weighted by Crippen LogP contribution is -2.28. The minimum Gasteiger partial charge on any atom is -0.496 e. The van der Waals surface area contributed by atoms with Crippen molar-refractivity contribution in [2.45, 2.75) is 25.8 Å². The summed E-state index contributed by atoms with van der Waals surface area (Å²) >= 11 is 0. The monoisotopic (exact) mass is 313 g/mol. The lowest BCUT2D eigenvalue weighted by molar-refractivity contribution is 0.0932. The predicted molar refractivity (Wildman–Crippen MR) is 90.7 cm³/mol. The van der Waals surface area contributed by atoms with Gasteiger partial charge in [0, 0.05) is 12.2 Å². The van der Waals surface area contributed by atoms with Gasteiger partial charge in [0.25, 0.3) is 5.91 Å². The smallest absolute Gasteiger partial charge is 0.251 e. The van der Waals surface area contributed by atoms with Gasteiger partial charge in [-0.3, -0.25) is 4.79 Å². The number of aryl methyl sites for hydroxylation is 1. The van der Waals surface area contributed by atoms with Crippen LogP contribution < -0.4 is 10.1 Å². The Morgan fingerprint density at radius 2 is 1.96 bits per heavy atom. The standard InChI is InChI=1S/C19H23NO3/c1-14-10-11-16(13-18(14)23-2)19(22)20-17(9-6-12-21)15-7-4-3-5-8-15/h3-5,7-8,10-11,13,17,21H,6,9,12H2,1-2H3,(H,20,22). The average Bonchev–Trinajstić information content (AvgIpc) is 2.59. The molecule has 0 saturated heterocycles. The Labute approximate surface area is 137 Å². The molecule has 0 bridgehead atoms. The molecule has 0 radical (unpaired) electrons. The van der Waals surface area contributed by atoms with E-state index in [2.05, 4.69) is 5.32 Å². The van der Waals surface area contributed by atoms with Gasteiger partial charge >= 0.3 is 0 Å². The Kier molecular flexibility index (Phi) is 6.18. The Balaban J connectivity index is 2.17. The summed E-state index contributed by atoms with van der Waals surface area (Å²) in [6.45, 7) is 2.05. The van der Waals surface area contributed by atoms with Gasteiger partial charge in [0.1, 0.15) is 5.75 Å². The highest BCUT2D eigenvalue weighted by molar-refractivity contribution is 5.95. The summed E-state index contributed by atoms with van der Waals surface area (Å²) in [7, 11) is 1.60. The van der Waals surface area contributed by atoms with E-state index in [0.29, 0.717) is 24.2 Å². The van der Waals surface area contributed by atoms with E-state index in [1.54, 1.807) is 19.2 Å². The van der Waals surface area contributed by atoms with Crippen molar-refractivity contribution in [3.63, 3.8) is 0 Å². The molecule has 2 N–H and O–H groups in total. The molecule has 4 nitrogen and oxygen atoms in total. The van der Waals surface area contributed by atoms with Crippen LogP contribution in [0.4, 0.5) is 0 Å². The predicted octanol–water partition coefficient (Wildman–Crippen LogP) is 3.25. The number of carbonyl (C=O) groups excluding carboxylic acids is 1. The third kappa shape index (κ3) is 4.57. The first-order valence-electron chi connectivity index (χ1n) is 7.77. The van der Waals surface area contributed by atoms with Crippen molar-refractivity contribution in [3.05, 3.63) is 65.2 Å². The Morgan fingerprint density at radius 1 is 1.22 bits per heavy atom. The van der Waals surface area contributed by atoms with Gasteiger partial charge in [0.05, 0.1) is 13.2 Å². The Hall–Kier alpha value is -2.33. The van der Waals surface area contributed by atoms with E-state index >= 15 is 0 Å². The van der Waals surface area contributed by atoms with Crippen LogP contribution in [0.1, 0.15) is 40.4 Å². The highest BCUT2D eigenvalue weighted by atomic mass is 16.5. The SMILES string of the molecule is COc1cc(C(=O)NC(CCCO)c2ccccc2)ccc1C. The zero-order valence-corrected chi connectivity index (χ0v) is 13.6. The molecular weight excluding hydrogens is 290 g/mol. The number of amides is 1. The number of aliphatic hydroxyl groups excluding tert-OH is 1. The summed E-state index contributed by atoms with van der Waals surface area (Å²) in [5.41, 5.74) is 2.59. The highest BCUT2D eigenvalue weighted by Crippen LogP contribution is 2.22. The number of methoxy groups -OCH3 is 1. The topological polar surface area (TPSA) is 58.6 Å². The fourth-order valence-electron chi connectivity index (χ4n) is 2.51. The van der Waals surface area contributed by atoms with Crippen LogP contribution in [0.15, 0.2) is 48.5 Å². The molecule has 0 fully saturated rings. The van der Waals surface area contributed by atoms with E-state index in [1.165, 1.54) is 0 Å². The van der Waals surface area contributed by atoms with Gasteiger partial charge in [-0.05, 0) is 43.0 Å². The molecule has 0 spiro atoms. The number of nitrogens with one attached hydrogen (secondary N) is 1. The largest absolute Gasteiger partial charge is 0.496 e. The van der Waals surface area contributed by atoms with Crippen LogP contribution in [0.25, 0.3) is 0 Å². The van der Waals surface area contributed by atoms with Crippen molar-refractivity contribution in [3.8, 4) is 5.75 Å². The minimum atomic E-state index is -0.143. The van der Waals surface area contributed by atoms with Gasteiger partial charge in [-0.2, -0.15) is 0 Å². The van der Waals surface area contributed by atoms with Crippen molar-refractivity contribution in [2.24, 2.45) is 0 Å². The number of carbonyl (C=O) groups is 1. The number of hydrogen-bond acceptors (Lipinski definition) is 3. The zero-order chi connectivity index (χ0) is 16.7. The molecule has 0 aliphatic heterocycles. The van der Waals surface area contributed by atoms with Gasteiger partial charge in [0.2, 0.25) is 0 Å². The lowest BCUT2D eigenvalue weighted by atomic mass is 10.0. The van der Waals surface area contributed by atoms with Gasteiger partial charge in [-0.15, -0.1) is 0 Å². The molecule has 0 aliphatic carbocycles. The van der Waals surface area contributed by atoms with Gasteiger partial charge in [0.15, 0.2) is 0 Å². The van der Waals surface area contributed by atoms with E-state index in [1.807, 2.05) is 43.3 Å². The Bertz CT molecular complexity index is 640. The van der Waals surface area contributed by atoms with Crippen molar-refractivity contribution >= 4 is 5.91 Å². The molecule has 1 unspecified atom stereocenters. The van der Waals surface area contributed by atoms with E-state index in [0.717, 1.165) is 11.1 Å². The molecule has 1 amide bonds. The molecule has 0 aliphatic rings. The maximum atomic E-state index is 12.5. The molecule has 122 valence electrons. The van der Waals surface area contributed by atoms with Crippen molar-refractivity contribution < 1.29 is 14.6 Å². The number of benzene rings is 2. The first kappa shape index (κ1) is 17.0. The van der Waals surface area contributed by atoms with Crippen LogP contribution in [-0.4, -0.2) is 24.7 Å². The first-order chi connectivity index (χ1) is 11.2. The van der Waals surface area contributed by atoms with E-state index in [9.17, 15) is 4.79 Å².